The van der Waals surface area contributed by atoms with Crippen LogP contribution in [0.25, 0.3) is 0 Å². The number of ether oxygens (including phenoxy) is 1. The number of aliphatic hydroxyl groups excluding tert-OH is 2. The van der Waals surface area contributed by atoms with Crippen LogP contribution in [0.3, 0.4) is 0 Å². The standard InChI is InChI=1S/C62H117NO5/c1-3-5-7-9-11-13-15-17-19-20-21-22-24-27-30-34-38-42-46-50-54-60(65)59(58-64)63-61(66)55-51-47-43-39-35-31-28-25-23-26-29-33-37-41-45-49-53-57-68-62(67)56-52-48-44-40-36-32-18-16-14-12-10-8-6-4-2/h10,12,16,18,50,54,59-60,64-65H,3-9,11,13-15,17,19-49,51-53,55-58H2,1-2H3,(H,63,66)/b12-10-,18-16-,54-50+. The van der Waals surface area contributed by atoms with Crippen molar-refractivity contribution < 1.29 is 24.5 Å². The number of aliphatic hydroxyl groups is 2. The molecular weight excluding hydrogens is 839 g/mol. The van der Waals surface area contributed by atoms with Crippen LogP contribution in [0.1, 0.15) is 322 Å². The van der Waals surface area contributed by atoms with E-state index in [0.29, 0.717) is 19.4 Å². The van der Waals surface area contributed by atoms with Gasteiger partial charge in [-0.15, -0.1) is 0 Å². The second-order valence-electron chi connectivity index (χ2n) is 20.7. The van der Waals surface area contributed by atoms with Crippen LogP contribution in [-0.4, -0.2) is 47.4 Å². The molecule has 0 saturated carbocycles. The molecule has 0 heterocycles. The van der Waals surface area contributed by atoms with Gasteiger partial charge in [-0.1, -0.05) is 288 Å². The third-order valence-corrected chi connectivity index (χ3v) is 13.9. The zero-order valence-corrected chi connectivity index (χ0v) is 45.6. The normalized spacial score (nSPS) is 12.8. The first-order valence-electron chi connectivity index (χ1n) is 30.3. The molecule has 0 aromatic heterocycles. The van der Waals surface area contributed by atoms with Crippen molar-refractivity contribution in [3.05, 3.63) is 36.5 Å². The molecule has 1 amide bonds. The minimum atomic E-state index is -0.849. The van der Waals surface area contributed by atoms with Gasteiger partial charge in [-0.3, -0.25) is 9.59 Å². The predicted octanol–water partition coefficient (Wildman–Crippen LogP) is 18.8. The second kappa shape index (κ2) is 57.7. The van der Waals surface area contributed by atoms with Gasteiger partial charge in [0.1, 0.15) is 0 Å². The van der Waals surface area contributed by atoms with Gasteiger partial charge in [-0.2, -0.15) is 0 Å². The summed E-state index contributed by atoms with van der Waals surface area (Å²) in [5.41, 5.74) is 0. The molecule has 0 rings (SSSR count). The average Bonchev–Trinajstić information content (AvgIpc) is 3.34. The highest BCUT2D eigenvalue weighted by Gasteiger charge is 2.18. The van der Waals surface area contributed by atoms with Crippen LogP contribution >= 0.6 is 0 Å². The van der Waals surface area contributed by atoms with E-state index >= 15 is 0 Å². The summed E-state index contributed by atoms with van der Waals surface area (Å²) in [6.45, 7) is 4.86. The maximum atomic E-state index is 12.5. The fourth-order valence-electron chi connectivity index (χ4n) is 9.24. The van der Waals surface area contributed by atoms with Crippen molar-refractivity contribution in [3.63, 3.8) is 0 Å². The van der Waals surface area contributed by atoms with Gasteiger partial charge in [-0.25, -0.2) is 0 Å². The molecule has 68 heavy (non-hydrogen) atoms. The number of nitrogens with one attached hydrogen (secondary N) is 1. The SMILES string of the molecule is CCCC/C=C\C/C=C\CCCCCCCC(=O)OCCCCCCCCCCCCCCCCCCCC(=O)NC(CO)C(O)/C=C/CCCCCCCCCCCCCCCCCCCC. The molecule has 6 nitrogen and oxygen atoms in total. The molecule has 2 unspecified atom stereocenters. The van der Waals surface area contributed by atoms with E-state index in [4.69, 9.17) is 4.74 Å². The first kappa shape index (κ1) is 66.1. The molecule has 0 spiro atoms. The van der Waals surface area contributed by atoms with Crippen LogP contribution in [0.5, 0.6) is 0 Å². The van der Waals surface area contributed by atoms with E-state index in [2.05, 4.69) is 43.5 Å². The Balaban J connectivity index is 3.46. The molecule has 0 aliphatic heterocycles. The number of esters is 1. The van der Waals surface area contributed by atoms with Crippen molar-refractivity contribution in [2.24, 2.45) is 0 Å². The molecule has 400 valence electrons. The molecule has 0 aromatic rings. The Morgan fingerprint density at radius 3 is 1.16 bits per heavy atom. The van der Waals surface area contributed by atoms with E-state index in [9.17, 15) is 19.8 Å². The molecule has 0 aliphatic carbocycles. The Bertz CT molecular complexity index is 1100. The van der Waals surface area contributed by atoms with E-state index in [1.807, 2.05) is 6.08 Å². The van der Waals surface area contributed by atoms with Crippen molar-refractivity contribution in [2.45, 2.75) is 334 Å². The minimum absolute atomic E-state index is 0.0100. The molecule has 0 saturated heterocycles. The van der Waals surface area contributed by atoms with Crippen LogP contribution in [0.2, 0.25) is 0 Å². The summed E-state index contributed by atoms with van der Waals surface area (Å²) in [5, 5.41) is 23.2. The summed E-state index contributed by atoms with van der Waals surface area (Å²) in [6, 6.07) is -0.633. The Hall–Kier alpha value is -1.92. The lowest BCUT2D eigenvalue weighted by molar-refractivity contribution is -0.143. The smallest absolute Gasteiger partial charge is 0.305 e. The van der Waals surface area contributed by atoms with Gasteiger partial charge in [0.05, 0.1) is 25.4 Å². The molecule has 0 fully saturated rings. The number of rotatable bonds is 56. The number of amides is 1. The molecule has 0 bridgehead atoms. The summed E-state index contributed by atoms with van der Waals surface area (Å²) in [4.78, 5) is 24.5. The molecule has 2 atom stereocenters. The number of hydrogen-bond donors (Lipinski definition) is 3. The molecule has 0 radical (unpaired) electrons. The minimum Gasteiger partial charge on any atom is -0.466 e. The van der Waals surface area contributed by atoms with Crippen LogP contribution in [0.4, 0.5) is 0 Å². The summed E-state index contributed by atoms with van der Waals surface area (Å²) in [5.74, 6) is -0.0815. The number of unbranched alkanes of at least 4 members (excludes halogenated alkanes) is 41. The van der Waals surface area contributed by atoms with Gasteiger partial charge in [0.15, 0.2) is 0 Å². The average molecular weight is 957 g/mol. The van der Waals surface area contributed by atoms with Crippen molar-refractivity contribution in [1.82, 2.24) is 5.32 Å². The Morgan fingerprint density at radius 2 is 0.750 bits per heavy atom. The predicted molar refractivity (Wildman–Crippen MR) is 296 cm³/mol. The van der Waals surface area contributed by atoms with E-state index in [1.165, 1.54) is 244 Å². The summed E-state index contributed by atoms with van der Waals surface area (Å²) < 4.78 is 5.47. The maximum absolute atomic E-state index is 12.5. The molecule has 0 aromatic carbocycles. The zero-order valence-electron chi connectivity index (χ0n) is 45.6. The fourth-order valence-corrected chi connectivity index (χ4v) is 9.24. The topological polar surface area (TPSA) is 95.9 Å². The summed E-state index contributed by atoms with van der Waals surface area (Å²) in [6.07, 6.45) is 71.7. The first-order valence-corrected chi connectivity index (χ1v) is 30.3. The molecule has 3 N–H and O–H groups in total. The fraction of sp³-hybridized carbons (Fsp3) is 0.871. The second-order valence-corrected chi connectivity index (χ2v) is 20.7. The highest BCUT2D eigenvalue weighted by atomic mass is 16.5. The van der Waals surface area contributed by atoms with Crippen molar-refractivity contribution in [1.29, 1.82) is 0 Å². The van der Waals surface area contributed by atoms with Gasteiger partial charge in [0, 0.05) is 12.8 Å². The highest BCUT2D eigenvalue weighted by molar-refractivity contribution is 5.76. The van der Waals surface area contributed by atoms with Crippen molar-refractivity contribution in [2.75, 3.05) is 13.2 Å². The van der Waals surface area contributed by atoms with Crippen molar-refractivity contribution >= 4 is 11.9 Å². The van der Waals surface area contributed by atoms with E-state index in [1.54, 1.807) is 6.08 Å². The van der Waals surface area contributed by atoms with Crippen LogP contribution in [0.15, 0.2) is 36.5 Å². The summed E-state index contributed by atoms with van der Waals surface area (Å²) >= 11 is 0. The van der Waals surface area contributed by atoms with E-state index < -0.39 is 12.1 Å². The van der Waals surface area contributed by atoms with Gasteiger partial charge < -0.3 is 20.3 Å². The van der Waals surface area contributed by atoms with Gasteiger partial charge in [0.25, 0.3) is 0 Å². The van der Waals surface area contributed by atoms with Crippen LogP contribution < -0.4 is 5.32 Å². The van der Waals surface area contributed by atoms with Crippen LogP contribution in [-0.2, 0) is 14.3 Å². The number of carbonyl (C=O) groups is 2. The Labute approximate surface area is 424 Å². The molecule has 6 heteroatoms. The highest BCUT2D eigenvalue weighted by Crippen LogP contribution is 2.17. The van der Waals surface area contributed by atoms with Gasteiger partial charge in [0.2, 0.25) is 5.91 Å². The maximum Gasteiger partial charge on any atom is 0.305 e. The third kappa shape index (κ3) is 53.4. The Kier molecular flexibility index (Phi) is 56.0. The van der Waals surface area contributed by atoms with E-state index in [-0.39, 0.29) is 18.5 Å². The van der Waals surface area contributed by atoms with Crippen molar-refractivity contribution in [3.8, 4) is 0 Å². The monoisotopic (exact) mass is 956 g/mol. The van der Waals surface area contributed by atoms with Crippen LogP contribution in [0, 0.1) is 0 Å². The van der Waals surface area contributed by atoms with Gasteiger partial charge in [-0.05, 0) is 57.8 Å². The van der Waals surface area contributed by atoms with E-state index in [0.717, 1.165) is 51.4 Å². The Morgan fingerprint density at radius 1 is 0.412 bits per heavy atom. The third-order valence-electron chi connectivity index (χ3n) is 13.9. The molecule has 0 aliphatic rings. The summed E-state index contributed by atoms with van der Waals surface area (Å²) in [7, 11) is 0. The lowest BCUT2D eigenvalue weighted by Crippen LogP contribution is -2.45. The first-order chi connectivity index (χ1) is 33.5. The number of hydrogen-bond acceptors (Lipinski definition) is 5. The number of allylic oxidation sites excluding steroid dienone is 5. The number of carbonyl (C=O) groups excluding carboxylic acids is 2. The van der Waals surface area contributed by atoms with Gasteiger partial charge >= 0.3 is 5.97 Å². The lowest BCUT2D eigenvalue weighted by Gasteiger charge is -2.20. The molecular formula is C62H117NO5. The largest absolute Gasteiger partial charge is 0.466 e. The lowest BCUT2D eigenvalue weighted by atomic mass is 10.0. The quantitative estimate of drug-likeness (QED) is 0.0321. The zero-order chi connectivity index (χ0) is 49.3.